The molecule has 3 fully saturated rings. The zero-order valence-corrected chi connectivity index (χ0v) is 16.4. The molecule has 4 rings (SSSR count). The van der Waals surface area contributed by atoms with Gasteiger partial charge in [-0.2, -0.15) is 0 Å². The first-order chi connectivity index (χ1) is 12.4. The van der Waals surface area contributed by atoms with Gasteiger partial charge in [0.15, 0.2) is 0 Å². The second kappa shape index (κ2) is 7.40. The zero-order chi connectivity index (χ0) is 18.5. The molecule has 0 bridgehead atoms. The van der Waals surface area contributed by atoms with Crippen LogP contribution in [-0.2, 0) is 9.59 Å². The standard InChI is InChI=1S/C20H26FN3O2.ClH/c1-13(25)24-11-15-10-23(19(26)20(22)7-2-3-8-20)12-17(15)18(24)14-5-4-6-16(21)9-14;/h4-6,9,15,17-18H,2-3,7-8,10-12,22H2,1H3;1H/t15-,17-,18-;/m1./s1. The maximum absolute atomic E-state index is 13.8. The number of halogens is 2. The van der Waals surface area contributed by atoms with Gasteiger partial charge in [0.2, 0.25) is 11.8 Å². The summed E-state index contributed by atoms with van der Waals surface area (Å²) in [4.78, 5) is 28.9. The topological polar surface area (TPSA) is 66.6 Å². The van der Waals surface area contributed by atoms with Gasteiger partial charge >= 0.3 is 0 Å². The highest BCUT2D eigenvalue weighted by molar-refractivity contribution is 5.87. The zero-order valence-electron chi connectivity index (χ0n) is 15.6. The molecule has 3 atom stereocenters. The lowest BCUT2D eigenvalue weighted by Gasteiger charge is -2.32. The van der Waals surface area contributed by atoms with E-state index < -0.39 is 5.54 Å². The van der Waals surface area contributed by atoms with Crippen LogP contribution in [0.3, 0.4) is 0 Å². The number of carbonyl (C=O) groups excluding carboxylic acids is 2. The van der Waals surface area contributed by atoms with Crippen molar-refractivity contribution >= 4 is 24.2 Å². The van der Waals surface area contributed by atoms with Crippen molar-refractivity contribution < 1.29 is 14.0 Å². The van der Waals surface area contributed by atoms with E-state index in [1.165, 1.54) is 12.1 Å². The van der Waals surface area contributed by atoms with Crippen molar-refractivity contribution in [2.75, 3.05) is 19.6 Å². The number of hydrogen-bond donors (Lipinski definition) is 1. The summed E-state index contributed by atoms with van der Waals surface area (Å²) in [6.45, 7) is 3.40. The van der Waals surface area contributed by atoms with E-state index in [9.17, 15) is 14.0 Å². The Bertz CT molecular complexity index is 738. The monoisotopic (exact) mass is 395 g/mol. The molecular weight excluding hydrogens is 369 g/mol. The number of carbonyl (C=O) groups is 2. The molecule has 2 heterocycles. The lowest BCUT2D eigenvalue weighted by atomic mass is 9.89. The Morgan fingerprint density at radius 2 is 1.89 bits per heavy atom. The number of fused-ring (bicyclic) bond motifs is 1. The molecule has 2 aliphatic heterocycles. The van der Waals surface area contributed by atoms with E-state index in [0.29, 0.717) is 19.6 Å². The van der Waals surface area contributed by atoms with Gasteiger partial charge in [-0.15, -0.1) is 12.4 Å². The van der Waals surface area contributed by atoms with Crippen LogP contribution in [0, 0.1) is 17.7 Å². The molecule has 2 saturated heterocycles. The molecule has 0 spiro atoms. The Hall–Kier alpha value is -1.66. The molecule has 0 unspecified atom stereocenters. The fourth-order valence-corrected chi connectivity index (χ4v) is 5.19. The molecule has 1 aromatic carbocycles. The second-order valence-corrected chi connectivity index (χ2v) is 8.17. The molecule has 27 heavy (non-hydrogen) atoms. The quantitative estimate of drug-likeness (QED) is 0.836. The number of rotatable bonds is 2. The first-order valence-electron chi connectivity index (χ1n) is 9.50. The molecule has 1 saturated carbocycles. The largest absolute Gasteiger partial charge is 0.340 e. The molecule has 7 heteroatoms. The highest BCUT2D eigenvalue weighted by atomic mass is 35.5. The van der Waals surface area contributed by atoms with Crippen LogP contribution in [0.25, 0.3) is 0 Å². The smallest absolute Gasteiger partial charge is 0.242 e. The number of benzene rings is 1. The van der Waals surface area contributed by atoms with Crippen molar-refractivity contribution in [2.24, 2.45) is 17.6 Å². The molecule has 2 amide bonds. The summed E-state index contributed by atoms with van der Waals surface area (Å²) in [5, 5.41) is 0. The van der Waals surface area contributed by atoms with E-state index in [2.05, 4.69) is 0 Å². The van der Waals surface area contributed by atoms with E-state index in [0.717, 1.165) is 31.2 Å². The van der Waals surface area contributed by atoms with Crippen LogP contribution < -0.4 is 5.73 Å². The van der Waals surface area contributed by atoms with Crippen LogP contribution in [0.1, 0.15) is 44.2 Å². The van der Waals surface area contributed by atoms with Gasteiger partial charge in [0, 0.05) is 38.4 Å². The lowest BCUT2D eigenvalue weighted by molar-refractivity contribution is -0.136. The molecule has 5 nitrogen and oxygen atoms in total. The highest BCUT2D eigenvalue weighted by Crippen LogP contribution is 2.46. The van der Waals surface area contributed by atoms with Crippen molar-refractivity contribution in [3.63, 3.8) is 0 Å². The number of amides is 2. The number of likely N-dealkylation sites (tertiary alicyclic amines) is 2. The lowest BCUT2D eigenvalue weighted by Crippen LogP contribution is -2.53. The van der Waals surface area contributed by atoms with Gasteiger partial charge in [0.1, 0.15) is 5.82 Å². The van der Waals surface area contributed by atoms with E-state index >= 15 is 0 Å². The average molecular weight is 396 g/mol. The molecule has 148 valence electrons. The molecule has 2 N–H and O–H groups in total. The Labute approximate surface area is 165 Å². The van der Waals surface area contributed by atoms with Gasteiger partial charge in [-0.3, -0.25) is 9.59 Å². The minimum atomic E-state index is -0.715. The SMILES string of the molecule is CC(=O)N1C[C@H]2CN(C(=O)C3(N)CCCC3)C[C@H]2[C@H]1c1cccc(F)c1.Cl. The summed E-state index contributed by atoms with van der Waals surface area (Å²) in [5.41, 5.74) is 6.46. The predicted octanol–water partition coefficient (Wildman–Crippen LogP) is 2.50. The summed E-state index contributed by atoms with van der Waals surface area (Å²) >= 11 is 0. The molecular formula is C20H27ClFN3O2. The maximum atomic E-state index is 13.8. The summed E-state index contributed by atoms with van der Waals surface area (Å²) in [6, 6.07) is 6.30. The fourth-order valence-electron chi connectivity index (χ4n) is 5.19. The van der Waals surface area contributed by atoms with Crippen LogP contribution in [0.15, 0.2) is 24.3 Å². The average Bonchev–Trinajstić information content (AvgIpc) is 3.28. The normalized spacial score (nSPS) is 28.8. The van der Waals surface area contributed by atoms with E-state index in [4.69, 9.17) is 5.73 Å². The Balaban J connectivity index is 0.00000210. The van der Waals surface area contributed by atoms with Gasteiger partial charge < -0.3 is 15.5 Å². The maximum Gasteiger partial charge on any atom is 0.242 e. The molecule has 1 aliphatic carbocycles. The molecule has 0 aromatic heterocycles. The van der Waals surface area contributed by atoms with Crippen LogP contribution in [0.5, 0.6) is 0 Å². The van der Waals surface area contributed by atoms with Crippen LogP contribution >= 0.6 is 12.4 Å². The first-order valence-corrected chi connectivity index (χ1v) is 9.50. The van der Waals surface area contributed by atoms with Gasteiger partial charge in [0.05, 0.1) is 11.6 Å². The summed E-state index contributed by atoms with van der Waals surface area (Å²) < 4.78 is 13.8. The van der Waals surface area contributed by atoms with Crippen LogP contribution in [0.2, 0.25) is 0 Å². The van der Waals surface area contributed by atoms with Gasteiger partial charge in [-0.05, 0) is 30.5 Å². The minimum Gasteiger partial charge on any atom is -0.340 e. The van der Waals surface area contributed by atoms with Crippen molar-refractivity contribution in [3.8, 4) is 0 Å². The number of nitrogens with two attached hydrogens (primary N) is 1. The van der Waals surface area contributed by atoms with E-state index in [1.54, 1.807) is 13.0 Å². The predicted molar refractivity (Wildman–Crippen MR) is 103 cm³/mol. The highest BCUT2D eigenvalue weighted by Gasteiger charge is 2.51. The van der Waals surface area contributed by atoms with Crippen LogP contribution in [-0.4, -0.2) is 46.8 Å². The third-order valence-corrected chi connectivity index (χ3v) is 6.47. The minimum absolute atomic E-state index is 0. The third kappa shape index (κ3) is 3.45. The second-order valence-electron chi connectivity index (χ2n) is 8.17. The van der Waals surface area contributed by atoms with Crippen molar-refractivity contribution in [2.45, 2.75) is 44.2 Å². The van der Waals surface area contributed by atoms with Crippen molar-refractivity contribution in [3.05, 3.63) is 35.6 Å². The summed E-state index contributed by atoms with van der Waals surface area (Å²) in [7, 11) is 0. The first kappa shape index (κ1) is 20.1. The number of nitrogens with zero attached hydrogens (tertiary/aromatic N) is 2. The Morgan fingerprint density at radius 3 is 2.52 bits per heavy atom. The summed E-state index contributed by atoms with van der Waals surface area (Å²) in [6.07, 6.45) is 3.52. The summed E-state index contributed by atoms with van der Waals surface area (Å²) in [5.74, 6) is 0.109. The van der Waals surface area contributed by atoms with Crippen molar-refractivity contribution in [1.82, 2.24) is 9.80 Å². The fraction of sp³-hybridized carbons (Fsp3) is 0.600. The van der Waals surface area contributed by atoms with E-state index in [-0.39, 0.29) is 47.9 Å². The molecule has 1 aromatic rings. The van der Waals surface area contributed by atoms with Gasteiger partial charge in [0.25, 0.3) is 0 Å². The third-order valence-electron chi connectivity index (χ3n) is 6.47. The van der Waals surface area contributed by atoms with Crippen molar-refractivity contribution in [1.29, 1.82) is 0 Å². The molecule has 3 aliphatic rings. The molecule has 0 radical (unpaired) electrons. The number of hydrogen-bond acceptors (Lipinski definition) is 3. The van der Waals surface area contributed by atoms with Gasteiger partial charge in [-0.1, -0.05) is 25.0 Å². The Morgan fingerprint density at radius 1 is 1.19 bits per heavy atom. The van der Waals surface area contributed by atoms with Crippen LogP contribution in [0.4, 0.5) is 4.39 Å². The van der Waals surface area contributed by atoms with Gasteiger partial charge in [-0.25, -0.2) is 4.39 Å². The van der Waals surface area contributed by atoms with E-state index in [1.807, 2.05) is 15.9 Å². The Kier molecular flexibility index (Phi) is 5.50.